The predicted octanol–water partition coefficient (Wildman–Crippen LogP) is 5.64. The van der Waals surface area contributed by atoms with Crippen molar-refractivity contribution >= 4 is 55.4 Å². The second kappa shape index (κ2) is 7.09. The largest absolute Gasteiger partial charge is 0.383 e. The van der Waals surface area contributed by atoms with E-state index in [0.29, 0.717) is 0 Å². The maximum absolute atomic E-state index is 6.09. The molecule has 0 aliphatic carbocycles. The van der Waals surface area contributed by atoms with Crippen LogP contribution in [0.4, 0.5) is 11.5 Å². The maximum atomic E-state index is 6.09. The van der Waals surface area contributed by atoms with Crippen molar-refractivity contribution in [1.29, 1.82) is 0 Å². The molecule has 2 aromatic heterocycles. The second-order valence-electron chi connectivity index (χ2n) is 6.18. The van der Waals surface area contributed by atoms with Crippen molar-refractivity contribution in [3.63, 3.8) is 0 Å². The number of benzene rings is 2. The van der Waals surface area contributed by atoms with Gasteiger partial charge in [0, 0.05) is 29.0 Å². The molecule has 4 rings (SSSR count). The number of halogens is 1. The highest BCUT2D eigenvalue weighted by Gasteiger charge is 2.13. The van der Waals surface area contributed by atoms with E-state index in [1.54, 1.807) is 11.3 Å². The van der Waals surface area contributed by atoms with Crippen LogP contribution in [0.2, 0.25) is 5.28 Å². The lowest BCUT2D eigenvalue weighted by molar-refractivity contribution is 1.06. The minimum atomic E-state index is 0.281. The molecule has 0 aliphatic heterocycles. The van der Waals surface area contributed by atoms with E-state index in [2.05, 4.69) is 76.9 Å². The first kappa shape index (κ1) is 17.1. The van der Waals surface area contributed by atoms with Crippen LogP contribution in [-0.2, 0) is 0 Å². The Morgan fingerprint density at radius 3 is 2.62 bits per heavy atom. The van der Waals surface area contributed by atoms with Crippen LogP contribution in [0.5, 0.6) is 0 Å². The maximum Gasteiger partial charge on any atom is 0.225 e. The van der Waals surface area contributed by atoms with E-state index in [1.165, 1.54) is 21.2 Å². The molecule has 0 spiro atoms. The molecule has 0 fully saturated rings. The lowest BCUT2D eigenvalue weighted by Gasteiger charge is -2.12. The van der Waals surface area contributed by atoms with E-state index in [0.717, 1.165) is 34.8 Å². The average Bonchev–Trinajstić information content (AvgIpc) is 2.92. The van der Waals surface area contributed by atoms with E-state index in [-0.39, 0.29) is 5.28 Å². The molecular formula is C20H19ClN4S. The SMILES string of the molecule is Cc1sc2nc(Cl)nc(NCCNc3cccc4ccccc34)c2c1C. The number of nitrogens with zero attached hydrogens (tertiary/aromatic N) is 2. The molecule has 2 N–H and O–H groups in total. The summed E-state index contributed by atoms with van der Waals surface area (Å²) < 4.78 is 0. The number of nitrogens with one attached hydrogen (secondary N) is 2. The zero-order valence-electron chi connectivity index (χ0n) is 14.6. The second-order valence-corrected chi connectivity index (χ2v) is 7.73. The van der Waals surface area contributed by atoms with Gasteiger partial charge in [-0.1, -0.05) is 36.4 Å². The molecule has 0 saturated carbocycles. The highest BCUT2D eigenvalue weighted by molar-refractivity contribution is 7.18. The van der Waals surface area contributed by atoms with Crippen LogP contribution in [0.25, 0.3) is 21.0 Å². The fourth-order valence-electron chi connectivity index (χ4n) is 3.11. The van der Waals surface area contributed by atoms with Crippen LogP contribution in [-0.4, -0.2) is 23.1 Å². The number of aromatic nitrogens is 2. The molecule has 2 heterocycles. The Hall–Kier alpha value is -2.37. The summed E-state index contributed by atoms with van der Waals surface area (Å²) >= 11 is 7.74. The molecule has 4 nitrogen and oxygen atoms in total. The third kappa shape index (κ3) is 3.20. The minimum absolute atomic E-state index is 0.281. The molecule has 0 radical (unpaired) electrons. The monoisotopic (exact) mass is 382 g/mol. The Bertz CT molecular complexity index is 1080. The molecule has 0 atom stereocenters. The van der Waals surface area contributed by atoms with E-state index in [4.69, 9.17) is 11.6 Å². The first-order valence-corrected chi connectivity index (χ1v) is 9.71. The molecule has 26 heavy (non-hydrogen) atoms. The van der Waals surface area contributed by atoms with Crippen molar-refractivity contribution in [2.24, 2.45) is 0 Å². The highest BCUT2D eigenvalue weighted by Crippen LogP contribution is 2.33. The average molecular weight is 383 g/mol. The number of aryl methyl sites for hydroxylation is 2. The van der Waals surface area contributed by atoms with Crippen LogP contribution in [0.1, 0.15) is 10.4 Å². The van der Waals surface area contributed by atoms with Crippen molar-refractivity contribution in [2.45, 2.75) is 13.8 Å². The van der Waals surface area contributed by atoms with Gasteiger partial charge in [-0.15, -0.1) is 11.3 Å². The molecule has 0 saturated heterocycles. The molecule has 0 bridgehead atoms. The van der Waals surface area contributed by atoms with E-state index in [1.807, 2.05) is 0 Å². The molecule has 0 amide bonds. The van der Waals surface area contributed by atoms with Crippen LogP contribution >= 0.6 is 22.9 Å². The molecule has 2 aromatic carbocycles. The first-order valence-electron chi connectivity index (χ1n) is 8.52. The lowest BCUT2D eigenvalue weighted by atomic mass is 10.1. The zero-order valence-corrected chi connectivity index (χ0v) is 16.2. The van der Waals surface area contributed by atoms with Gasteiger partial charge in [-0.2, -0.15) is 0 Å². The predicted molar refractivity (Wildman–Crippen MR) is 113 cm³/mol. The topological polar surface area (TPSA) is 49.8 Å². The summed E-state index contributed by atoms with van der Waals surface area (Å²) in [5, 5.41) is 10.7. The standard InChI is InChI=1S/C20H19ClN4S/c1-12-13(2)26-19-17(12)18(24-20(21)25-19)23-11-10-22-16-9-5-7-14-6-3-4-8-15(14)16/h3-9,22H,10-11H2,1-2H3,(H,23,24,25). The van der Waals surface area contributed by atoms with Gasteiger partial charge in [-0.25, -0.2) is 9.97 Å². The van der Waals surface area contributed by atoms with E-state index in [9.17, 15) is 0 Å². The van der Waals surface area contributed by atoms with Crippen molar-refractivity contribution in [2.75, 3.05) is 23.7 Å². The lowest BCUT2D eigenvalue weighted by Crippen LogP contribution is -2.15. The number of hydrogen-bond donors (Lipinski definition) is 2. The third-order valence-corrected chi connectivity index (χ3v) is 5.79. The van der Waals surface area contributed by atoms with Gasteiger partial charge in [0.05, 0.1) is 5.39 Å². The molecule has 0 unspecified atom stereocenters. The smallest absolute Gasteiger partial charge is 0.225 e. The molecule has 132 valence electrons. The number of thiophene rings is 1. The van der Waals surface area contributed by atoms with Crippen LogP contribution < -0.4 is 10.6 Å². The number of anilines is 2. The van der Waals surface area contributed by atoms with Crippen molar-refractivity contribution in [3.8, 4) is 0 Å². The third-order valence-electron chi connectivity index (χ3n) is 4.52. The Kier molecular flexibility index (Phi) is 4.66. The quantitative estimate of drug-likeness (QED) is 0.346. The van der Waals surface area contributed by atoms with E-state index < -0.39 is 0 Å². The van der Waals surface area contributed by atoms with Gasteiger partial charge >= 0.3 is 0 Å². The Balaban J connectivity index is 1.49. The van der Waals surface area contributed by atoms with Crippen molar-refractivity contribution < 1.29 is 0 Å². The van der Waals surface area contributed by atoms with Gasteiger partial charge in [0.2, 0.25) is 5.28 Å². The summed E-state index contributed by atoms with van der Waals surface area (Å²) in [7, 11) is 0. The number of rotatable bonds is 5. The van der Waals surface area contributed by atoms with Gasteiger partial charge in [0.25, 0.3) is 0 Å². The fourth-order valence-corrected chi connectivity index (χ4v) is 4.36. The van der Waals surface area contributed by atoms with Gasteiger partial charge in [-0.3, -0.25) is 0 Å². The van der Waals surface area contributed by atoms with Crippen LogP contribution in [0, 0.1) is 13.8 Å². The number of fused-ring (bicyclic) bond motifs is 2. The molecular weight excluding hydrogens is 364 g/mol. The Morgan fingerprint density at radius 1 is 0.962 bits per heavy atom. The summed E-state index contributed by atoms with van der Waals surface area (Å²) in [6.45, 7) is 5.71. The van der Waals surface area contributed by atoms with Gasteiger partial charge < -0.3 is 10.6 Å². The Labute approximate surface area is 161 Å². The summed E-state index contributed by atoms with van der Waals surface area (Å²) in [6, 6.07) is 14.7. The fraction of sp³-hybridized carbons (Fsp3) is 0.200. The van der Waals surface area contributed by atoms with Crippen LogP contribution in [0.15, 0.2) is 42.5 Å². The minimum Gasteiger partial charge on any atom is -0.383 e. The normalized spacial score (nSPS) is 11.2. The zero-order chi connectivity index (χ0) is 18.1. The summed E-state index contributed by atoms with van der Waals surface area (Å²) in [5.74, 6) is 0.807. The van der Waals surface area contributed by atoms with E-state index >= 15 is 0 Å². The molecule has 0 aliphatic rings. The molecule has 6 heteroatoms. The van der Waals surface area contributed by atoms with Crippen molar-refractivity contribution in [3.05, 3.63) is 58.2 Å². The summed E-state index contributed by atoms with van der Waals surface area (Å²) in [4.78, 5) is 10.9. The van der Waals surface area contributed by atoms with Gasteiger partial charge in [-0.05, 0) is 42.5 Å². The van der Waals surface area contributed by atoms with Gasteiger partial charge in [0.15, 0.2) is 0 Å². The molecule has 4 aromatic rings. The van der Waals surface area contributed by atoms with Crippen LogP contribution in [0.3, 0.4) is 0 Å². The Morgan fingerprint density at radius 2 is 1.73 bits per heavy atom. The van der Waals surface area contributed by atoms with Crippen molar-refractivity contribution in [1.82, 2.24) is 9.97 Å². The first-order chi connectivity index (χ1) is 12.6. The highest BCUT2D eigenvalue weighted by atomic mass is 35.5. The summed E-state index contributed by atoms with van der Waals surface area (Å²) in [5.41, 5.74) is 2.35. The van der Waals surface area contributed by atoms with Gasteiger partial charge in [0.1, 0.15) is 10.6 Å². The summed E-state index contributed by atoms with van der Waals surface area (Å²) in [6.07, 6.45) is 0. The number of hydrogen-bond acceptors (Lipinski definition) is 5.